The van der Waals surface area contributed by atoms with Gasteiger partial charge in [0, 0.05) is 5.56 Å². The van der Waals surface area contributed by atoms with Gasteiger partial charge in [-0.2, -0.15) is 0 Å². The first kappa shape index (κ1) is 24.9. The highest BCUT2D eigenvalue weighted by Gasteiger charge is 2.17. The van der Waals surface area contributed by atoms with E-state index in [1.54, 1.807) is 31.2 Å². The first-order chi connectivity index (χ1) is 15.3. The standard InChI is InChI=1S/C26H30O6/c1-17(2)24(32-30)15-6-18(3)5-12-22-25(31-4)16-13-21(26(22)29)23(28)14-9-19-7-10-20(27)11-8-19/h5,7-11,13-14,16,24,27,29-30H,1,6,12,15H2,2-4H3/t24-/m1/s1. The number of rotatable bonds is 11. The summed E-state index contributed by atoms with van der Waals surface area (Å²) in [4.78, 5) is 17.1. The Morgan fingerprint density at radius 1 is 1.12 bits per heavy atom. The van der Waals surface area contributed by atoms with Crippen molar-refractivity contribution in [2.75, 3.05) is 7.11 Å². The summed E-state index contributed by atoms with van der Waals surface area (Å²) in [5.41, 5.74) is 3.23. The molecule has 0 saturated heterocycles. The molecule has 0 aliphatic carbocycles. The largest absolute Gasteiger partial charge is 0.508 e. The summed E-state index contributed by atoms with van der Waals surface area (Å²) in [6.45, 7) is 7.54. The van der Waals surface area contributed by atoms with Crippen LogP contribution < -0.4 is 4.74 Å². The zero-order valence-electron chi connectivity index (χ0n) is 18.7. The van der Waals surface area contributed by atoms with Gasteiger partial charge >= 0.3 is 0 Å². The second-order valence-corrected chi connectivity index (χ2v) is 7.67. The molecule has 32 heavy (non-hydrogen) atoms. The van der Waals surface area contributed by atoms with Crippen LogP contribution in [0.5, 0.6) is 17.2 Å². The van der Waals surface area contributed by atoms with Gasteiger partial charge in [-0.15, -0.1) is 0 Å². The van der Waals surface area contributed by atoms with Gasteiger partial charge in [-0.05, 0) is 74.6 Å². The highest BCUT2D eigenvalue weighted by Crippen LogP contribution is 2.33. The third kappa shape index (κ3) is 6.83. The van der Waals surface area contributed by atoms with Crippen molar-refractivity contribution in [3.05, 3.63) is 83.0 Å². The van der Waals surface area contributed by atoms with Crippen LogP contribution in [0.2, 0.25) is 0 Å². The number of aromatic hydroxyl groups is 2. The maximum Gasteiger partial charge on any atom is 0.189 e. The lowest BCUT2D eigenvalue weighted by Gasteiger charge is -2.14. The second kappa shape index (κ2) is 11.9. The quantitative estimate of drug-likeness (QED) is 0.137. The van der Waals surface area contributed by atoms with Crippen LogP contribution in [0.25, 0.3) is 6.08 Å². The van der Waals surface area contributed by atoms with Crippen LogP contribution in [0.3, 0.4) is 0 Å². The SMILES string of the molecule is C=C(C)[C@@H](CCC(C)=CCc1c(OC)ccc(C(=O)C=Cc2ccc(O)cc2)c1O)OO. The number of carbonyl (C=O) groups is 1. The van der Waals surface area contributed by atoms with E-state index < -0.39 is 6.10 Å². The monoisotopic (exact) mass is 438 g/mol. The molecule has 0 spiro atoms. The summed E-state index contributed by atoms with van der Waals surface area (Å²) in [7, 11) is 1.51. The number of allylic oxidation sites excluding steroid dienone is 3. The van der Waals surface area contributed by atoms with E-state index in [-0.39, 0.29) is 22.8 Å². The highest BCUT2D eigenvalue weighted by atomic mass is 17.1. The number of methoxy groups -OCH3 is 1. The van der Waals surface area contributed by atoms with Crippen molar-refractivity contribution in [2.24, 2.45) is 0 Å². The Hall–Kier alpha value is -3.35. The molecule has 0 aromatic heterocycles. The van der Waals surface area contributed by atoms with Gasteiger partial charge in [0.05, 0.1) is 12.7 Å². The van der Waals surface area contributed by atoms with Crippen LogP contribution in [0, 0.1) is 0 Å². The molecule has 3 N–H and O–H groups in total. The van der Waals surface area contributed by atoms with Crippen LogP contribution in [-0.2, 0) is 11.3 Å². The summed E-state index contributed by atoms with van der Waals surface area (Å²) < 4.78 is 5.37. The number of phenolic OH excluding ortho intramolecular Hbond substituents is 2. The lowest BCUT2D eigenvalue weighted by atomic mass is 9.98. The van der Waals surface area contributed by atoms with Crippen LogP contribution >= 0.6 is 0 Å². The van der Waals surface area contributed by atoms with Gasteiger partial charge in [-0.25, -0.2) is 4.89 Å². The molecule has 2 aromatic carbocycles. The molecule has 0 aliphatic heterocycles. The molecule has 2 rings (SSSR count). The minimum Gasteiger partial charge on any atom is -0.508 e. The minimum atomic E-state index is -0.428. The van der Waals surface area contributed by atoms with E-state index in [0.29, 0.717) is 30.6 Å². The topological polar surface area (TPSA) is 96.2 Å². The first-order valence-corrected chi connectivity index (χ1v) is 10.3. The van der Waals surface area contributed by atoms with Crippen LogP contribution in [0.4, 0.5) is 0 Å². The Labute approximate surface area is 188 Å². The molecule has 0 amide bonds. The average Bonchev–Trinajstić information content (AvgIpc) is 2.77. The molecule has 0 heterocycles. The van der Waals surface area contributed by atoms with Gasteiger partial charge in [-0.3, -0.25) is 10.1 Å². The third-order valence-electron chi connectivity index (χ3n) is 5.18. The third-order valence-corrected chi connectivity index (χ3v) is 5.18. The van der Waals surface area contributed by atoms with E-state index in [0.717, 1.165) is 16.7 Å². The fourth-order valence-electron chi connectivity index (χ4n) is 3.18. The molecule has 170 valence electrons. The summed E-state index contributed by atoms with van der Waals surface area (Å²) in [5.74, 6) is 0.175. The van der Waals surface area contributed by atoms with E-state index in [1.165, 1.54) is 31.4 Å². The average molecular weight is 439 g/mol. The second-order valence-electron chi connectivity index (χ2n) is 7.67. The Morgan fingerprint density at radius 2 is 1.81 bits per heavy atom. The molecule has 6 heteroatoms. The van der Waals surface area contributed by atoms with E-state index in [9.17, 15) is 15.0 Å². The van der Waals surface area contributed by atoms with Crippen LogP contribution in [0.1, 0.15) is 48.2 Å². The van der Waals surface area contributed by atoms with Gasteiger partial charge in [0.25, 0.3) is 0 Å². The molecular weight excluding hydrogens is 408 g/mol. The van der Waals surface area contributed by atoms with Crippen molar-refractivity contribution in [3.63, 3.8) is 0 Å². The lowest BCUT2D eigenvalue weighted by Crippen LogP contribution is -2.11. The predicted molar refractivity (Wildman–Crippen MR) is 125 cm³/mol. The molecule has 0 aliphatic rings. The number of carbonyl (C=O) groups excluding carboxylic acids is 1. The Bertz CT molecular complexity index is 1000. The van der Waals surface area contributed by atoms with Crippen molar-refractivity contribution in [2.45, 2.75) is 39.2 Å². The zero-order chi connectivity index (χ0) is 23.7. The Morgan fingerprint density at radius 3 is 2.41 bits per heavy atom. The van der Waals surface area contributed by atoms with Crippen molar-refractivity contribution in [1.82, 2.24) is 0 Å². The molecule has 0 fully saturated rings. The summed E-state index contributed by atoms with van der Waals surface area (Å²) >= 11 is 0. The molecular formula is C26H30O6. The van der Waals surface area contributed by atoms with Gasteiger partial charge in [0.15, 0.2) is 5.78 Å². The Kier molecular flexibility index (Phi) is 9.25. The lowest BCUT2D eigenvalue weighted by molar-refractivity contribution is -0.269. The predicted octanol–water partition coefficient (Wildman–Crippen LogP) is 5.71. The van der Waals surface area contributed by atoms with Gasteiger partial charge in [-0.1, -0.05) is 36.4 Å². The fourth-order valence-corrected chi connectivity index (χ4v) is 3.18. The smallest absolute Gasteiger partial charge is 0.189 e. The van der Waals surface area contributed by atoms with E-state index in [1.807, 2.05) is 13.0 Å². The minimum absolute atomic E-state index is 0.118. The van der Waals surface area contributed by atoms with Crippen molar-refractivity contribution >= 4 is 11.9 Å². The van der Waals surface area contributed by atoms with E-state index in [4.69, 9.17) is 9.99 Å². The normalized spacial score (nSPS) is 12.7. The van der Waals surface area contributed by atoms with Gasteiger partial charge in [0.2, 0.25) is 0 Å². The summed E-state index contributed by atoms with van der Waals surface area (Å²) in [5, 5.41) is 29.1. The van der Waals surface area contributed by atoms with Crippen LogP contribution in [0.15, 0.2) is 66.3 Å². The van der Waals surface area contributed by atoms with E-state index in [2.05, 4.69) is 11.5 Å². The van der Waals surface area contributed by atoms with Crippen molar-refractivity contribution in [1.29, 1.82) is 0 Å². The summed E-state index contributed by atoms with van der Waals surface area (Å²) in [6, 6.07) is 9.64. The Balaban J connectivity index is 2.18. The number of ketones is 1. The van der Waals surface area contributed by atoms with E-state index >= 15 is 0 Å². The van der Waals surface area contributed by atoms with Crippen LogP contribution in [-0.4, -0.2) is 34.5 Å². The summed E-state index contributed by atoms with van der Waals surface area (Å²) in [6.07, 6.45) is 6.16. The number of hydrogen-bond donors (Lipinski definition) is 3. The maximum atomic E-state index is 12.7. The van der Waals surface area contributed by atoms with Gasteiger partial charge < -0.3 is 14.9 Å². The number of ether oxygens (including phenoxy) is 1. The first-order valence-electron chi connectivity index (χ1n) is 10.3. The molecule has 0 saturated carbocycles. The number of hydrogen-bond acceptors (Lipinski definition) is 6. The fraction of sp³-hybridized carbons (Fsp3) is 0.269. The molecule has 1 atom stereocenters. The zero-order valence-corrected chi connectivity index (χ0v) is 18.7. The van der Waals surface area contributed by atoms with Gasteiger partial charge in [0.1, 0.15) is 23.4 Å². The number of benzene rings is 2. The molecule has 6 nitrogen and oxygen atoms in total. The number of phenols is 2. The highest BCUT2D eigenvalue weighted by molar-refractivity contribution is 6.09. The molecule has 0 radical (unpaired) electrons. The molecule has 0 bridgehead atoms. The molecule has 2 aromatic rings. The van der Waals surface area contributed by atoms with Crippen molar-refractivity contribution in [3.8, 4) is 17.2 Å². The molecule has 0 unspecified atom stereocenters. The van der Waals surface area contributed by atoms with Crippen molar-refractivity contribution < 1.29 is 29.9 Å². The maximum absolute atomic E-state index is 12.7.